The molecule has 4 nitrogen and oxygen atoms in total. The van der Waals surface area contributed by atoms with Crippen LogP contribution in [0.5, 0.6) is 0 Å². The number of anilines is 1. The Kier molecular flexibility index (Phi) is 19.1. The van der Waals surface area contributed by atoms with E-state index in [-0.39, 0.29) is 72.9 Å². The van der Waals surface area contributed by atoms with Gasteiger partial charge in [0, 0.05) is 57.5 Å². The van der Waals surface area contributed by atoms with Gasteiger partial charge in [0.15, 0.2) is 0 Å². The number of hydrogen-bond acceptors (Lipinski definition) is 2. The molecule has 0 saturated carbocycles. The molecule has 3 rings (SSSR count). The van der Waals surface area contributed by atoms with Gasteiger partial charge >= 0.3 is 6.03 Å². The van der Waals surface area contributed by atoms with Crippen molar-refractivity contribution in [2.45, 2.75) is 68.0 Å². The molecule has 1 fully saturated rings. The summed E-state index contributed by atoms with van der Waals surface area (Å²) in [6.45, 7) is 10.4. The average molecular weight is 509 g/mol. The molecule has 2 aromatic rings. The predicted octanol–water partition coefficient (Wildman–Crippen LogP) is 6.76. The van der Waals surface area contributed by atoms with Crippen LogP contribution in [0.15, 0.2) is 54.6 Å². The van der Waals surface area contributed by atoms with E-state index in [2.05, 4.69) is 43.2 Å². The zero-order valence-corrected chi connectivity index (χ0v) is 20.0. The first-order chi connectivity index (χ1) is 12.8. The topological polar surface area (TPSA) is 44.4 Å². The minimum atomic E-state index is -0.163. The van der Waals surface area contributed by atoms with Crippen LogP contribution < -0.4 is 10.6 Å². The average Bonchev–Trinajstić information content (AvgIpc) is 2.59. The number of para-hydroxylation sites is 1. The molecule has 0 unspecified atom stereocenters. The summed E-state index contributed by atoms with van der Waals surface area (Å²) in [6.07, 6.45) is 0. The number of carbonyl (C=O) groups excluding carboxylic acids is 1. The van der Waals surface area contributed by atoms with Crippen LogP contribution in [0, 0.1) is 5.82 Å². The van der Waals surface area contributed by atoms with Gasteiger partial charge in [-0.15, -0.1) is 0 Å². The molecule has 0 aliphatic carbocycles. The Balaban J connectivity index is -0.000000493. The van der Waals surface area contributed by atoms with Crippen LogP contribution in [0.25, 0.3) is 0 Å². The van der Waals surface area contributed by atoms with Gasteiger partial charge in [-0.1, -0.05) is 66.5 Å². The van der Waals surface area contributed by atoms with E-state index in [4.69, 9.17) is 0 Å². The standard InChI is InChI=1S/C13H19N3O.C9H11F.3CH4.Y/c1-10(2)16-8-12(9-16)15-13(17)14-11-6-4-3-5-7-11;1-7(2)8-3-5-9(10)6-4-8;;;;/h3-7,10,12H,8-9H2,1-2H3,(H2,14,15,17);3-7H,1-2H3;3*1H4;. The molecule has 1 aliphatic heterocycles. The first-order valence-corrected chi connectivity index (χ1v) is 9.47. The first-order valence-electron chi connectivity index (χ1n) is 9.47. The molecule has 31 heavy (non-hydrogen) atoms. The van der Waals surface area contributed by atoms with Crippen molar-refractivity contribution in [2.24, 2.45) is 0 Å². The molecule has 2 amide bonds. The summed E-state index contributed by atoms with van der Waals surface area (Å²) in [5, 5.41) is 5.77. The van der Waals surface area contributed by atoms with Gasteiger partial charge in [0.1, 0.15) is 5.82 Å². The van der Waals surface area contributed by atoms with Crippen molar-refractivity contribution in [3.63, 3.8) is 0 Å². The van der Waals surface area contributed by atoms with Gasteiger partial charge in [-0.05, 0) is 49.6 Å². The van der Waals surface area contributed by atoms with Crippen LogP contribution in [0.2, 0.25) is 0 Å². The molecule has 0 atom stereocenters. The third-order valence-corrected chi connectivity index (χ3v) is 4.54. The largest absolute Gasteiger partial charge is 0.333 e. The molecule has 2 N–H and O–H groups in total. The SMILES string of the molecule is C.C.C.CC(C)N1CC(NC(=O)Nc2ccccc2)C1.CC(C)c1ccc(F)cc1.[Y]. The molecule has 0 bridgehead atoms. The number of nitrogens with zero attached hydrogens (tertiary/aromatic N) is 1. The van der Waals surface area contributed by atoms with Gasteiger partial charge in [0.05, 0.1) is 6.04 Å². The maximum atomic E-state index is 12.4. The number of benzene rings is 2. The van der Waals surface area contributed by atoms with Gasteiger partial charge in [0.25, 0.3) is 0 Å². The second-order valence-electron chi connectivity index (χ2n) is 7.42. The molecule has 1 saturated heterocycles. The second kappa shape index (κ2) is 17.3. The maximum Gasteiger partial charge on any atom is 0.319 e. The van der Waals surface area contributed by atoms with Crippen LogP contribution in [0.1, 0.15) is 61.5 Å². The van der Waals surface area contributed by atoms with Gasteiger partial charge in [-0.3, -0.25) is 4.90 Å². The summed E-state index contributed by atoms with van der Waals surface area (Å²) in [6, 6.07) is 16.8. The third kappa shape index (κ3) is 12.4. The molecule has 173 valence electrons. The Bertz CT molecular complexity index is 702. The number of urea groups is 1. The number of hydrogen-bond donors (Lipinski definition) is 2. The third-order valence-electron chi connectivity index (χ3n) is 4.54. The van der Waals surface area contributed by atoms with E-state index in [1.807, 2.05) is 42.5 Å². The van der Waals surface area contributed by atoms with Crippen LogP contribution >= 0.6 is 0 Å². The Hall–Kier alpha value is -1.30. The number of amides is 2. The number of carbonyl (C=O) groups is 1. The minimum absolute atomic E-state index is 0. The van der Waals surface area contributed by atoms with Crippen LogP contribution in [-0.4, -0.2) is 36.1 Å². The van der Waals surface area contributed by atoms with Crippen molar-refractivity contribution in [1.29, 1.82) is 0 Å². The Morgan fingerprint density at radius 3 is 1.90 bits per heavy atom. The minimum Gasteiger partial charge on any atom is -0.333 e. The van der Waals surface area contributed by atoms with Crippen molar-refractivity contribution < 1.29 is 41.9 Å². The molecule has 1 aliphatic rings. The van der Waals surface area contributed by atoms with Crippen molar-refractivity contribution in [3.8, 4) is 0 Å². The fourth-order valence-electron chi connectivity index (χ4n) is 2.75. The molecular weight excluding hydrogens is 466 g/mol. The molecule has 0 aromatic heterocycles. The van der Waals surface area contributed by atoms with E-state index < -0.39 is 0 Å². The Morgan fingerprint density at radius 2 is 1.45 bits per heavy atom. The van der Waals surface area contributed by atoms with Crippen molar-refractivity contribution in [1.82, 2.24) is 10.2 Å². The smallest absolute Gasteiger partial charge is 0.319 e. The van der Waals surface area contributed by atoms with Gasteiger partial charge in [-0.2, -0.15) is 0 Å². The normalized spacial score (nSPS) is 12.5. The van der Waals surface area contributed by atoms with Gasteiger partial charge < -0.3 is 10.6 Å². The Labute approximate surface area is 215 Å². The monoisotopic (exact) mass is 508 g/mol. The predicted molar refractivity (Wildman–Crippen MR) is 130 cm³/mol. The molecule has 6 heteroatoms. The summed E-state index contributed by atoms with van der Waals surface area (Å²) >= 11 is 0. The number of rotatable bonds is 4. The van der Waals surface area contributed by atoms with Crippen LogP contribution in [-0.2, 0) is 32.7 Å². The Morgan fingerprint density at radius 1 is 0.935 bits per heavy atom. The van der Waals surface area contributed by atoms with Gasteiger partial charge in [-0.25, -0.2) is 9.18 Å². The van der Waals surface area contributed by atoms with Gasteiger partial charge in [0.2, 0.25) is 0 Å². The van der Waals surface area contributed by atoms with E-state index >= 15 is 0 Å². The van der Waals surface area contributed by atoms with E-state index in [1.54, 1.807) is 0 Å². The van der Waals surface area contributed by atoms with Crippen molar-refractivity contribution in [3.05, 3.63) is 66.0 Å². The summed E-state index contributed by atoms with van der Waals surface area (Å²) < 4.78 is 12.4. The number of halogens is 1. The summed E-state index contributed by atoms with van der Waals surface area (Å²) in [4.78, 5) is 14.0. The zero-order chi connectivity index (χ0) is 19.8. The molecule has 0 spiro atoms. The molecular formula is C25H42FN3OY. The van der Waals surface area contributed by atoms with E-state index in [1.165, 1.54) is 17.7 Å². The van der Waals surface area contributed by atoms with E-state index in [0.29, 0.717) is 12.0 Å². The first kappa shape index (κ1) is 34.3. The molecule has 1 radical (unpaired) electrons. The maximum absolute atomic E-state index is 12.4. The number of nitrogens with one attached hydrogen (secondary N) is 2. The fraction of sp³-hybridized carbons (Fsp3) is 0.480. The van der Waals surface area contributed by atoms with Crippen LogP contribution in [0.4, 0.5) is 14.9 Å². The van der Waals surface area contributed by atoms with Crippen molar-refractivity contribution in [2.75, 3.05) is 18.4 Å². The second-order valence-corrected chi connectivity index (χ2v) is 7.42. The fourth-order valence-corrected chi connectivity index (χ4v) is 2.75. The van der Waals surface area contributed by atoms with Crippen molar-refractivity contribution >= 4 is 11.7 Å². The zero-order valence-electron chi connectivity index (χ0n) is 17.2. The number of likely N-dealkylation sites (tertiary alicyclic amines) is 1. The summed E-state index contributed by atoms with van der Waals surface area (Å²) in [5.41, 5.74) is 2.01. The van der Waals surface area contributed by atoms with Crippen LogP contribution in [0.3, 0.4) is 0 Å². The molecule has 2 aromatic carbocycles. The van der Waals surface area contributed by atoms with E-state index in [9.17, 15) is 9.18 Å². The summed E-state index contributed by atoms with van der Waals surface area (Å²) in [5.74, 6) is 0.324. The molecule has 1 heterocycles. The van der Waals surface area contributed by atoms with E-state index in [0.717, 1.165) is 18.8 Å². The quantitative estimate of drug-likeness (QED) is 0.480. The summed E-state index contributed by atoms with van der Waals surface area (Å²) in [7, 11) is 0.